The van der Waals surface area contributed by atoms with E-state index in [1.807, 2.05) is 6.20 Å². The fourth-order valence-electron chi connectivity index (χ4n) is 0.753. The Morgan fingerprint density at radius 3 is 2.82 bits per heavy atom. The molecule has 0 aromatic carbocycles. The number of aliphatic hydroxyl groups is 1. The third-order valence-corrected chi connectivity index (χ3v) is 1.44. The Kier molecular flexibility index (Phi) is 9.07. The zero-order chi connectivity index (χ0) is 8.36. The van der Waals surface area contributed by atoms with Gasteiger partial charge in [0.05, 0.1) is 0 Å². The molecule has 0 radical (unpaired) electrons. The molecule has 0 atom stereocenters. The number of hydrogen-bond acceptors (Lipinski definition) is 2. The highest BCUT2D eigenvalue weighted by Crippen LogP contribution is 1.93. The van der Waals surface area contributed by atoms with Crippen molar-refractivity contribution in [2.45, 2.75) is 32.6 Å². The summed E-state index contributed by atoms with van der Waals surface area (Å²) in [6, 6.07) is 0. The first kappa shape index (κ1) is 10.5. The van der Waals surface area contributed by atoms with E-state index in [0.717, 1.165) is 19.4 Å². The van der Waals surface area contributed by atoms with Crippen molar-refractivity contribution in [1.29, 1.82) is 0 Å². The number of nitrogens with one attached hydrogen (secondary N) is 1. The fourth-order valence-corrected chi connectivity index (χ4v) is 0.753. The van der Waals surface area contributed by atoms with Crippen molar-refractivity contribution in [2.75, 3.05) is 13.2 Å². The summed E-state index contributed by atoms with van der Waals surface area (Å²) in [6.45, 7) is 3.34. The second-order valence-electron chi connectivity index (χ2n) is 2.58. The van der Waals surface area contributed by atoms with Crippen LogP contribution in [-0.2, 0) is 0 Å². The third-order valence-electron chi connectivity index (χ3n) is 1.44. The predicted octanol–water partition coefficient (Wildman–Crippen LogP) is 1.66. The Morgan fingerprint density at radius 1 is 1.36 bits per heavy atom. The van der Waals surface area contributed by atoms with Crippen LogP contribution < -0.4 is 5.32 Å². The first-order valence-corrected chi connectivity index (χ1v) is 4.41. The normalized spacial score (nSPS) is 10.7. The largest absolute Gasteiger partial charge is 0.396 e. The van der Waals surface area contributed by atoms with E-state index in [2.05, 4.69) is 18.3 Å². The van der Waals surface area contributed by atoms with Crippen LogP contribution in [0.25, 0.3) is 0 Å². The highest BCUT2D eigenvalue weighted by Gasteiger charge is 1.79. The molecule has 0 saturated heterocycles. The number of unbranched alkanes of at least 4 members (excludes halogenated alkanes) is 2. The number of aliphatic hydroxyl groups excluding tert-OH is 1. The van der Waals surface area contributed by atoms with Crippen molar-refractivity contribution in [3.8, 4) is 0 Å². The molecule has 0 saturated carbocycles. The smallest absolute Gasteiger partial charge is 0.0447 e. The molecule has 0 aliphatic rings. The van der Waals surface area contributed by atoms with Gasteiger partial charge in [0.1, 0.15) is 0 Å². The lowest BCUT2D eigenvalue weighted by Gasteiger charge is -1.96. The second kappa shape index (κ2) is 9.50. The Balaban J connectivity index is 2.91. The molecule has 0 aliphatic carbocycles. The van der Waals surface area contributed by atoms with Crippen molar-refractivity contribution < 1.29 is 5.11 Å². The van der Waals surface area contributed by atoms with Gasteiger partial charge in [-0.2, -0.15) is 0 Å². The lowest BCUT2D eigenvalue weighted by Crippen LogP contribution is -2.07. The van der Waals surface area contributed by atoms with E-state index in [0.29, 0.717) is 0 Å². The minimum atomic E-state index is 0.274. The topological polar surface area (TPSA) is 32.3 Å². The Labute approximate surface area is 69.3 Å². The Bertz CT molecular complexity index is 91.6. The quantitative estimate of drug-likeness (QED) is 0.551. The van der Waals surface area contributed by atoms with E-state index < -0.39 is 0 Å². The van der Waals surface area contributed by atoms with Crippen LogP contribution >= 0.6 is 0 Å². The highest BCUT2D eigenvalue weighted by molar-refractivity contribution is 4.78. The molecule has 2 nitrogen and oxygen atoms in total. The Hall–Kier alpha value is -0.500. The van der Waals surface area contributed by atoms with Gasteiger partial charge in [0.15, 0.2) is 0 Å². The molecule has 0 rings (SSSR count). The van der Waals surface area contributed by atoms with E-state index in [1.54, 1.807) is 0 Å². The fraction of sp³-hybridized carbons (Fsp3) is 0.778. The molecule has 0 amide bonds. The molecule has 0 aliphatic heterocycles. The van der Waals surface area contributed by atoms with Crippen molar-refractivity contribution in [2.24, 2.45) is 0 Å². The van der Waals surface area contributed by atoms with Gasteiger partial charge in [-0.1, -0.05) is 25.8 Å². The lowest BCUT2D eigenvalue weighted by molar-refractivity contribution is 0.288. The van der Waals surface area contributed by atoms with E-state index in [1.165, 1.54) is 12.8 Å². The molecule has 0 unspecified atom stereocenters. The monoisotopic (exact) mass is 157 g/mol. The number of allylic oxidation sites excluding steroid dienone is 1. The van der Waals surface area contributed by atoms with Crippen LogP contribution in [-0.4, -0.2) is 18.3 Å². The van der Waals surface area contributed by atoms with Crippen molar-refractivity contribution in [1.82, 2.24) is 5.32 Å². The average molecular weight is 157 g/mol. The van der Waals surface area contributed by atoms with E-state index in [4.69, 9.17) is 5.11 Å². The number of hydrogen-bond donors (Lipinski definition) is 2. The molecule has 66 valence electrons. The minimum absolute atomic E-state index is 0.274. The summed E-state index contributed by atoms with van der Waals surface area (Å²) >= 11 is 0. The predicted molar refractivity (Wildman–Crippen MR) is 48.4 cm³/mol. The summed E-state index contributed by atoms with van der Waals surface area (Å²) in [4.78, 5) is 0. The minimum Gasteiger partial charge on any atom is -0.396 e. The molecule has 0 aromatic heterocycles. The van der Waals surface area contributed by atoms with Crippen LogP contribution in [0.4, 0.5) is 0 Å². The first-order valence-electron chi connectivity index (χ1n) is 4.41. The van der Waals surface area contributed by atoms with Crippen LogP contribution in [0.3, 0.4) is 0 Å². The maximum absolute atomic E-state index is 8.44. The molecular formula is C9H19NO. The average Bonchev–Trinajstić information content (AvgIpc) is 2.03. The van der Waals surface area contributed by atoms with E-state index >= 15 is 0 Å². The Morgan fingerprint density at radius 2 is 2.18 bits per heavy atom. The summed E-state index contributed by atoms with van der Waals surface area (Å²) in [5.41, 5.74) is 0. The van der Waals surface area contributed by atoms with Gasteiger partial charge in [-0.05, 0) is 19.0 Å². The van der Waals surface area contributed by atoms with Crippen LogP contribution in [0, 0.1) is 0 Å². The second-order valence-corrected chi connectivity index (χ2v) is 2.58. The summed E-state index contributed by atoms with van der Waals surface area (Å²) in [7, 11) is 0. The molecular weight excluding hydrogens is 138 g/mol. The summed E-state index contributed by atoms with van der Waals surface area (Å²) in [6.07, 6.45) is 8.62. The van der Waals surface area contributed by atoms with Crippen LogP contribution in [0.2, 0.25) is 0 Å². The summed E-state index contributed by atoms with van der Waals surface area (Å²) < 4.78 is 0. The number of rotatable bonds is 7. The molecule has 11 heavy (non-hydrogen) atoms. The van der Waals surface area contributed by atoms with E-state index in [-0.39, 0.29) is 6.61 Å². The zero-order valence-electron chi connectivity index (χ0n) is 7.34. The van der Waals surface area contributed by atoms with Gasteiger partial charge in [0.25, 0.3) is 0 Å². The van der Waals surface area contributed by atoms with Gasteiger partial charge >= 0.3 is 0 Å². The molecule has 2 heteroatoms. The summed E-state index contributed by atoms with van der Waals surface area (Å²) in [5.74, 6) is 0. The van der Waals surface area contributed by atoms with Crippen molar-refractivity contribution >= 4 is 0 Å². The van der Waals surface area contributed by atoms with Gasteiger partial charge in [0, 0.05) is 13.2 Å². The highest BCUT2D eigenvalue weighted by atomic mass is 16.3. The molecule has 0 bridgehead atoms. The maximum Gasteiger partial charge on any atom is 0.0447 e. The van der Waals surface area contributed by atoms with Crippen molar-refractivity contribution in [3.05, 3.63) is 12.3 Å². The van der Waals surface area contributed by atoms with Crippen LogP contribution in [0.15, 0.2) is 12.3 Å². The molecule has 0 aromatic rings. The first-order chi connectivity index (χ1) is 5.41. The van der Waals surface area contributed by atoms with Crippen molar-refractivity contribution in [3.63, 3.8) is 0 Å². The van der Waals surface area contributed by atoms with Gasteiger partial charge in [-0.15, -0.1) is 0 Å². The third kappa shape index (κ3) is 9.50. The molecule has 0 fully saturated rings. The standard InChI is InChI=1S/C9H19NO/c1-2-3-4-5-7-10-8-6-9-11/h5,7,10-11H,2-4,6,8-9H2,1H3. The zero-order valence-corrected chi connectivity index (χ0v) is 7.34. The van der Waals surface area contributed by atoms with Gasteiger partial charge in [-0.3, -0.25) is 0 Å². The SMILES string of the molecule is CCCCC=CNCCCO. The lowest BCUT2D eigenvalue weighted by atomic mass is 10.2. The summed E-state index contributed by atoms with van der Waals surface area (Å²) in [5, 5.41) is 11.5. The van der Waals surface area contributed by atoms with Crippen LogP contribution in [0.1, 0.15) is 32.6 Å². The van der Waals surface area contributed by atoms with E-state index in [9.17, 15) is 0 Å². The van der Waals surface area contributed by atoms with Gasteiger partial charge in [-0.25, -0.2) is 0 Å². The molecule has 0 spiro atoms. The molecule has 2 N–H and O–H groups in total. The van der Waals surface area contributed by atoms with Gasteiger partial charge in [0.2, 0.25) is 0 Å². The molecule has 0 heterocycles. The van der Waals surface area contributed by atoms with Crippen LogP contribution in [0.5, 0.6) is 0 Å². The van der Waals surface area contributed by atoms with Gasteiger partial charge < -0.3 is 10.4 Å². The maximum atomic E-state index is 8.44.